The van der Waals surface area contributed by atoms with Crippen molar-refractivity contribution >= 4 is 11.4 Å². The summed E-state index contributed by atoms with van der Waals surface area (Å²) >= 11 is 0. The Morgan fingerprint density at radius 2 is 1.84 bits per heavy atom. The molecule has 25 heavy (non-hydrogen) atoms. The van der Waals surface area contributed by atoms with Crippen molar-refractivity contribution in [3.8, 4) is 5.75 Å². The Hall–Kier alpha value is -2.60. The first-order valence-corrected chi connectivity index (χ1v) is 8.08. The number of nitro groups is 1. The molecule has 0 spiro atoms. The molecule has 0 bridgehead atoms. The molecule has 1 radical (unpaired) electrons. The Bertz CT molecular complexity index is 714. The Labute approximate surface area is 148 Å². The first-order chi connectivity index (χ1) is 11.9. The summed E-state index contributed by atoms with van der Waals surface area (Å²) in [6.45, 7) is 1.60. The minimum absolute atomic E-state index is 0.124. The molecule has 0 aliphatic carbocycles. The van der Waals surface area contributed by atoms with E-state index in [1.807, 2.05) is 44.2 Å². The standard InChI is InChI=1S/C19H24N3O3/c1-20(2)18-11-16(12-19(13-18)25-4)14-21(3)10-9-15-5-7-17(8-6-15)22(23)24/h5-8,11,13H,9-10,14H2,1-4H3. The van der Waals surface area contributed by atoms with Crippen LogP contribution in [0.5, 0.6) is 5.75 Å². The van der Waals surface area contributed by atoms with Crippen LogP contribution in [0.15, 0.2) is 36.4 Å². The number of ether oxygens (including phenoxy) is 1. The minimum Gasteiger partial charge on any atom is -0.496 e. The number of methoxy groups -OCH3 is 1. The number of likely N-dealkylation sites (N-methyl/N-ethyl adjacent to an activating group) is 1. The maximum atomic E-state index is 10.7. The van der Waals surface area contributed by atoms with Crippen molar-refractivity contribution in [2.75, 3.05) is 39.7 Å². The molecule has 0 saturated heterocycles. The van der Waals surface area contributed by atoms with Gasteiger partial charge in [0.2, 0.25) is 0 Å². The minimum atomic E-state index is -0.378. The smallest absolute Gasteiger partial charge is 0.269 e. The topological polar surface area (TPSA) is 58.9 Å². The molecule has 0 N–H and O–H groups in total. The number of nitrogens with zero attached hydrogens (tertiary/aromatic N) is 3. The van der Waals surface area contributed by atoms with Crippen LogP contribution in [-0.4, -0.2) is 44.6 Å². The lowest BCUT2D eigenvalue weighted by Gasteiger charge is -2.19. The van der Waals surface area contributed by atoms with Gasteiger partial charge in [0.15, 0.2) is 0 Å². The van der Waals surface area contributed by atoms with Crippen molar-refractivity contribution in [1.82, 2.24) is 4.90 Å². The van der Waals surface area contributed by atoms with Gasteiger partial charge in [-0.3, -0.25) is 10.1 Å². The van der Waals surface area contributed by atoms with E-state index in [2.05, 4.69) is 17.0 Å². The summed E-state index contributed by atoms with van der Waals surface area (Å²) in [6.07, 6.45) is 0.832. The largest absolute Gasteiger partial charge is 0.496 e. The van der Waals surface area contributed by atoms with E-state index in [1.54, 1.807) is 19.2 Å². The molecule has 0 unspecified atom stereocenters. The van der Waals surface area contributed by atoms with Crippen molar-refractivity contribution in [2.45, 2.75) is 13.0 Å². The highest BCUT2D eigenvalue weighted by Crippen LogP contribution is 2.23. The third-order valence-electron chi connectivity index (χ3n) is 3.99. The molecule has 0 atom stereocenters. The summed E-state index contributed by atoms with van der Waals surface area (Å²) in [5, 5.41) is 10.7. The summed E-state index contributed by atoms with van der Waals surface area (Å²) in [6, 6.07) is 14.1. The quantitative estimate of drug-likeness (QED) is 0.545. The fraction of sp³-hybridized carbons (Fsp3) is 0.368. The first kappa shape index (κ1) is 18.7. The molecular formula is C19H24N3O3. The lowest BCUT2D eigenvalue weighted by Crippen LogP contribution is -2.21. The van der Waals surface area contributed by atoms with Crippen LogP contribution in [0.3, 0.4) is 0 Å². The second-order valence-electron chi connectivity index (χ2n) is 6.24. The number of hydrogen-bond acceptors (Lipinski definition) is 5. The van der Waals surface area contributed by atoms with Crippen LogP contribution in [0.25, 0.3) is 0 Å². The van der Waals surface area contributed by atoms with Gasteiger partial charge in [0.05, 0.1) is 12.0 Å². The van der Waals surface area contributed by atoms with E-state index in [4.69, 9.17) is 4.74 Å². The molecule has 0 aromatic heterocycles. The summed E-state index contributed by atoms with van der Waals surface area (Å²) in [4.78, 5) is 14.6. The highest BCUT2D eigenvalue weighted by atomic mass is 16.6. The van der Waals surface area contributed by atoms with Gasteiger partial charge < -0.3 is 14.5 Å². The number of nitro benzene ring substituents is 1. The second-order valence-corrected chi connectivity index (χ2v) is 6.24. The zero-order chi connectivity index (χ0) is 18.4. The second kappa shape index (κ2) is 8.48. The average molecular weight is 342 g/mol. The van der Waals surface area contributed by atoms with Gasteiger partial charge in [-0.2, -0.15) is 0 Å². The summed E-state index contributed by atoms with van der Waals surface area (Å²) in [5.74, 6) is 0.727. The summed E-state index contributed by atoms with van der Waals surface area (Å²) in [5.41, 5.74) is 3.35. The van der Waals surface area contributed by atoms with Gasteiger partial charge in [-0.15, -0.1) is 0 Å². The summed E-state index contributed by atoms with van der Waals surface area (Å²) < 4.78 is 5.33. The molecule has 0 heterocycles. The van der Waals surface area contributed by atoms with Gasteiger partial charge in [0.25, 0.3) is 5.69 Å². The Balaban J connectivity index is 1.96. The van der Waals surface area contributed by atoms with Crippen LogP contribution in [0.4, 0.5) is 11.4 Å². The van der Waals surface area contributed by atoms with Crippen LogP contribution >= 0.6 is 0 Å². The molecule has 6 nitrogen and oxygen atoms in total. The third kappa shape index (κ3) is 5.46. The van der Waals surface area contributed by atoms with E-state index >= 15 is 0 Å². The average Bonchev–Trinajstić information content (AvgIpc) is 2.59. The highest BCUT2D eigenvalue weighted by molar-refractivity contribution is 5.51. The Morgan fingerprint density at radius 1 is 1.16 bits per heavy atom. The molecule has 0 aliphatic heterocycles. The fourth-order valence-electron chi connectivity index (χ4n) is 2.51. The van der Waals surface area contributed by atoms with Gasteiger partial charge in [0, 0.05) is 57.1 Å². The molecule has 133 valence electrons. The van der Waals surface area contributed by atoms with Crippen molar-refractivity contribution < 1.29 is 9.66 Å². The number of benzene rings is 2. The zero-order valence-corrected chi connectivity index (χ0v) is 15.2. The Morgan fingerprint density at radius 3 is 2.40 bits per heavy atom. The van der Waals surface area contributed by atoms with Crippen LogP contribution in [0.2, 0.25) is 0 Å². The molecule has 0 saturated carbocycles. The van der Waals surface area contributed by atoms with E-state index in [9.17, 15) is 10.1 Å². The lowest BCUT2D eigenvalue weighted by atomic mass is 10.1. The number of anilines is 1. The predicted molar refractivity (Wildman–Crippen MR) is 99.3 cm³/mol. The van der Waals surface area contributed by atoms with E-state index in [1.165, 1.54) is 0 Å². The zero-order valence-electron chi connectivity index (χ0n) is 15.2. The lowest BCUT2D eigenvalue weighted by molar-refractivity contribution is -0.384. The monoisotopic (exact) mass is 342 g/mol. The SMILES string of the molecule is COc1[c]c(CN(C)CCc2ccc([N+](=O)[O-])cc2)cc(N(C)C)c1. The van der Waals surface area contributed by atoms with Gasteiger partial charge in [-0.25, -0.2) is 0 Å². The van der Waals surface area contributed by atoms with Crippen LogP contribution in [0, 0.1) is 16.2 Å². The molecule has 0 fully saturated rings. The van der Waals surface area contributed by atoms with Crippen molar-refractivity contribution in [3.05, 3.63) is 63.7 Å². The van der Waals surface area contributed by atoms with Gasteiger partial charge in [0.1, 0.15) is 5.75 Å². The van der Waals surface area contributed by atoms with Gasteiger partial charge >= 0.3 is 0 Å². The molecule has 0 amide bonds. The van der Waals surface area contributed by atoms with E-state index in [-0.39, 0.29) is 10.6 Å². The number of rotatable bonds is 8. The van der Waals surface area contributed by atoms with Crippen LogP contribution < -0.4 is 9.64 Å². The molecule has 0 aliphatic rings. The molecule has 6 heteroatoms. The number of hydrogen-bond donors (Lipinski definition) is 0. The Kier molecular flexibility index (Phi) is 6.36. The molecule has 2 rings (SSSR count). The maximum Gasteiger partial charge on any atom is 0.269 e. The number of non-ortho nitro benzene ring substituents is 1. The first-order valence-electron chi connectivity index (χ1n) is 8.08. The molecule has 2 aromatic carbocycles. The summed E-state index contributed by atoms with van der Waals surface area (Å²) in [7, 11) is 7.69. The highest BCUT2D eigenvalue weighted by Gasteiger charge is 2.08. The maximum absolute atomic E-state index is 10.7. The van der Waals surface area contributed by atoms with Crippen molar-refractivity contribution in [1.29, 1.82) is 0 Å². The third-order valence-corrected chi connectivity index (χ3v) is 3.99. The van der Waals surface area contributed by atoms with Crippen molar-refractivity contribution in [3.63, 3.8) is 0 Å². The molecular weight excluding hydrogens is 318 g/mol. The predicted octanol–water partition coefficient (Wildman–Crippen LogP) is 3.14. The fourth-order valence-corrected chi connectivity index (χ4v) is 2.51. The van der Waals surface area contributed by atoms with E-state index < -0.39 is 0 Å². The van der Waals surface area contributed by atoms with E-state index in [0.29, 0.717) is 0 Å². The van der Waals surface area contributed by atoms with Crippen LogP contribution in [0.1, 0.15) is 11.1 Å². The molecule has 2 aromatic rings. The van der Waals surface area contributed by atoms with E-state index in [0.717, 1.165) is 42.1 Å². The van der Waals surface area contributed by atoms with Crippen molar-refractivity contribution in [2.24, 2.45) is 0 Å². The van der Waals surface area contributed by atoms with Crippen LogP contribution in [-0.2, 0) is 13.0 Å². The normalized spacial score (nSPS) is 10.8. The van der Waals surface area contributed by atoms with Gasteiger partial charge in [-0.05, 0) is 30.7 Å². The van der Waals surface area contributed by atoms with Gasteiger partial charge in [-0.1, -0.05) is 12.1 Å².